The lowest BCUT2D eigenvalue weighted by Crippen LogP contribution is -2.17. The summed E-state index contributed by atoms with van der Waals surface area (Å²) in [5.41, 5.74) is 3.60. The average molecular weight is 416 g/mol. The number of carbonyl (C=O) groups is 2. The molecule has 1 atom stereocenters. The molecular weight excluding hydrogens is 398 g/mol. The third-order valence-corrected chi connectivity index (χ3v) is 4.48. The maximum Gasteiger partial charge on any atom is 0.405 e. The fraction of sp³-hybridized carbons (Fsp3) is 0.190. The SMILES string of the molecule is CCOc1nccc2c(C(=O)c3c(F)cc(C(C)OC(N)=O)c(O)c3F)cccc12. The predicted octanol–water partition coefficient (Wildman–Crippen LogP) is 4.00. The van der Waals surface area contributed by atoms with E-state index in [1.165, 1.54) is 31.3 Å². The Labute approximate surface area is 170 Å². The van der Waals surface area contributed by atoms with Crippen molar-refractivity contribution in [1.82, 2.24) is 4.98 Å². The van der Waals surface area contributed by atoms with Crippen molar-refractivity contribution in [2.24, 2.45) is 5.73 Å². The predicted molar refractivity (Wildman–Crippen MR) is 103 cm³/mol. The molecule has 2 aromatic carbocycles. The molecule has 9 heteroatoms. The van der Waals surface area contributed by atoms with Gasteiger partial charge in [0.25, 0.3) is 0 Å². The van der Waals surface area contributed by atoms with E-state index in [9.17, 15) is 23.5 Å². The van der Waals surface area contributed by atoms with E-state index in [1.807, 2.05) is 0 Å². The highest BCUT2D eigenvalue weighted by Gasteiger charge is 2.28. The summed E-state index contributed by atoms with van der Waals surface area (Å²) in [6.07, 6.45) is -0.995. The third kappa shape index (κ3) is 3.73. The Hall–Kier alpha value is -3.75. The van der Waals surface area contributed by atoms with Crippen LogP contribution in [0.5, 0.6) is 11.6 Å². The molecule has 0 radical (unpaired) electrons. The highest BCUT2D eigenvalue weighted by atomic mass is 19.1. The maximum absolute atomic E-state index is 14.8. The zero-order chi connectivity index (χ0) is 22.0. The maximum atomic E-state index is 14.8. The van der Waals surface area contributed by atoms with E-state index >= 15 is 0 Å². The third-order valence-electron chi connectivity index (χ3n) is 4.48. The van der Waals surface area contributed by atoms with E-state index in [0.717, 1.165) is 6.07 Å². The molecule has 1 aromatic heterocycles. The van der Waals surface area contributed by atoms with Crippen molar-refractivity contribution < 1.29 is 33.0 Å². The first-order valence-corrected chi connectivity index (χ1v) is 8.98. The summed E-state index contributed by atoms with van der Waals surface area (Å²) in [5.74, 6) is -4.39. The first kappa shape index (κ1) is 21.0. The molecule has 3 rings (SSSR count). The average Bonchev–Trinajstić information content (AvgIpc) is 2.70. The van der Waals surface area contributed by atoms with Gasteiger partial charge in [-0.1, -0.05) is 12.1 Å². The first-order chi connectivity index (χ1) is 14.3. The van der Waals surface area contributed by atoms with Crippen molar-refractivity contribution in [2.45, 2.75) is 20.0 Å². The quantitative estimate of drug-likeness (QED) is 0.588. The van der Waals surface area contributed by atoms with E-state index in [2.05, 4.69) is 9.72 Å². The van der Waals surface area contributed by atoms with Crippen LogP contribution in [0.2, 0.25) is 0 Å². The lowest BCUT2D eigenvalue weighted by atomic mass is 9.95. The summed E-state index contributed by atoms with van der Waals surface area (Å²) in [6, 6.07) is 6.87. The van der Waals surface area contributed by atoms with Crippen LogP contribution in [-0.4, -0.2) is 28.6 Å². The number of carbonyl (C=O) groups excluding carboxylic acids is 2. The van der Waals surface area contributed by atoms with E-state index in [4.69, 9.17) is 10.5 Å². The molecule has 0 spiro atoms. The van der Waals surface area contributed by atoms with Crippen LogP contribution in [0.1, 0.15) is 41.4 Å². The molecule has 30 heavy (non-hydrogen) atoms. The van der Waals surface area contributed by atoms with Crippen molar-refractivity contribution in [1.29, 1.82) is 0 Å². The number of hydrogen-bond acceptors (Lipinski definition) is 6. The number of ether oxygens (including phenoxy) is 2. The Kier molecular flexibility index (Phi) is 5.81. The number of primary amides is 1. The Balaban J connectivity index is 2.13. The highest BCUT2D eigenvalue weighted by Crippen LogP contribution is 2.35. The summed E-state index contributed by atoms with van der Waals surface area (Å²) >= 11 is 0. The molecule has 0 aliphatic heterocycles. The van der Waals surface area contributed by atoms with E-state index < -0.39 is 40.9 Å². The fourth-order valence-electron chi connectivity index (χ4n) is 3.15. The highest BCUT2D eigenvalue weighted by molar-refractivity contribution is 6.17. The van der Waals surface area contributed by atoms with E-state index in [1.54, 1.807) is 13.0 Å². The molecule has 0 saturated carbocycles. The standard InChI is InChI=1S/C21H18F2N2O5/c1-3-29-20-13-6-4-5-12(11(13)7-8-25-20)18(26)16-15(22)9-14(19(27)17(16)23)10(2)30-21(24)28/h4-10,27H,3H2,1-2H3,(H2,24,28). The minimum absolute atomic E-state index is 0.00207. The lowest BCUT2D eigenvalue weighted by Gasteiger charge is -2.16. The summed E-state index contributed by atoms with van der Waals surface area (Å²) in [7, 11) is 0. The van der Waals surface area contributed by atoms with Crippen molar-refractivity contribution in [3.63, 3.8) is 0 Å². The van der Waals surface area contributed by atoms with Crippen molar-refractivity contribution in [2.75, 3.05) is 6.61 Å². The van der Waals surface area contributed by atoms with Crippen molar-refractivity contribution in [3.05, 3.63) is 64.9 Å². The number of pyridine rings is 1. The number of nitrogens with two attached hydrogens (primary N) is 1. The summed E-state index contributed by atoms with van der Waals surface area (Å²) in [6.45, 7) is 3.38. The summed E-state index contributed by atoms with van der Waals surface area (Å²) in [5, 5.41) is 11.0. The molecule has 1 amide bonds. The number of rotatable bonds is 6. The van der Waals surface area contributed by atoms with Crippen LogP contribution >= 0.6 is 0 Å². The number of fused-ring (bicyclic) bond motifs is 1. The van der Waals surface area contributed by atoms with Crippen molar-refractivity contribution in [3.8, 4) is 11.6 Å². The largest absolute Gasteiger partial charge is 0.505 e. The Morgan fingerprint density at radius 1 is 1.23 bits per heavy atom. The Bertz CT molecular complexity index is 1150. The smallest absolute Gasteiger partial charge is 0.405 e. The van der Waals surface area contributed by atoms with Gasteiger partial charge in [-0.2, -0.15) is 0 Å². The Morgan fingerprint density at radius 3 is 2.63 bits per heavy atom. The molecule has 7 nitrogen and oxygen atoms in total. The van der Waals surface area contributed by atoms with Gasteiger partial charge < -0.3 is 20.3 Å². The number of aromatic hydroxyl groups is 1. The van der Waals surface area contributed by atoms with Gasteiger partial charge in [0.1, 0.15) is 11.9 Å². The van der Waals surface area contributed by atoms with Gasteiger partial charge in [-0.05, 0) is 37.4 Å². The number of halogens is 2. The second kappa shape index (κ2) is 8.32. The van der Waals surface area contributed by atoms with Crippen LogP contribution in [0.3, 0.4) is 0 Å². The topological polar surface area (TPSA) is 112 Å². The normalized spacial score (nSPS) is 11.9. The van der Waals surface area contributed by atoms with Gasteiger partial charge in [-0.15, -0.1) is 0 Å². The zero-order valence-corrected chi connectivity index (χ0v) is 16.1. The monoisotopic (exact) mass is 416 g/mol. The second-order valence-corrected chi connectivity index (χ2v) is 6.34. The van der Waals surface area contributed by atoms with Crippen LogP contribution in [0.15, 0.2) is 36.5 Å². The molecular formula is C21H18F2N2O5. The molecule has 3 aromatic rings. The molecule has 0 aliphatic rings. The number of hydrogen-bond donors (Lipinski definition) is 2. The molecule has 0 bridgehead atoms. The number of ketones is 1. The van der Waals surface area contributed by atoms with Gasteiger partial charge in [0, 0.05) is 22.7 Å². The number of benzene rings is 2. The summed E-state index contributed by atoms with van der Waals surface area (Å²) < 4.78 is 39.7. The fourth-order valence-corrected chi connectivity index (χ4v) is 3.15. The molecule has 156 valence electrons. The number of phenolic OH excluding ortho intramolecular Hbond substituents is 1. The summed E-state index contributed by atoms with van der Waals surface area (Å²) in [4.78, 5) is 28.0. The van der Waals surface area contributed by atoms with Crippen LogP contribution in [0.25, 0.3) is 10.8 Å². The second-order valence-electron chi connectivity index (χ2n) is 6.34. The van der Waals surface area contributed by atoms with Gasteiger partial charge in [-0.3, -0.25) is 4.79 Å². The number of aromatic nitrogens is 1. The Morgan fingerprint density at radius 2 is 1.97 bits per heavy atom. The minimum Gasteiger partial charge on any atom is -0.505 e. The molecule has 1 heterocycles. The van der Waals surface area contributed by atoms with Gasteiger partial charge in [-0.25, -0.2) is 18.6 Å². The van der Waals surface area contributed by atoms with Gasteiger partial charge in [0.05, 0.1) is 12.2 Å². The first-order valence-electron chi connectivity index (χ1n) is 8.98. The number of amides is 1. The molecule has 0 saturated heterocycles. The van der Waals surface area contributed by atoms with Crippen LogP contribution in [-0.2, 0) is 4.74 Å². The van der Waals surface area contributed by atoms with E-state index in [0.29, 0.717) is 17.4 Å². The molecule has 3 N–H and O–H groups in total. The van der Waals surface area contributed by atoms with Crippen LogP contribution < -0.4 is 10.5 Å². The zero-order valence-electron chi connectivity index (χ0n) is 16.1. The number of phenols is 1. The number of nitrogens with zero attached hydrogens (tertiary/aromatic N) is 1. The van der Waals surface area contributed by atoms with E-state index in [-0.39, 0.29) is 17.0 Å². The molecule has 1 unspecified atom stereocenters. The minimum atomic E-state index is -1.47. The van der Waals surface area contributed by atoms with Crippen molar-refractivity contribution >= 4 is 22.6 Å². The molecule has 0 fully saturated rings. The lowest BCUT2D eigenvalue weighted by molar-refractivity contribution is 0.102. The van der Waals surface area contributed by atoms with Gasteiger partial charge >= 0.3 is 6.09 Å². The van der Waals surface area contributed by atoms with Crippen LogP contribution in [0, 0.1) is 11.6 Å². The van der Waals surface area contributed by atoms with Gasteiger partial charge in [0.2, 0.25) is 5.88 Å². The molecule has 0 aliphatic carbocycles. The van der Waals surface area contributed by atoms with Crippen LogP contribution in [0.4, 0.5) is 13.6 Å². The van der Waals surface area contributed by atoms with Gasteiger partial charge in [0.15, 0.2) is 17.3 Å².